The van der Waals surface area contributed by atoms with Crippen molar-refractivity contribution >= 4 is 35.5 Å². The fraction of sp³-hybridized carbons (Fsp3) is 0.429. The van der Waals surface area contributed by atoms with Gasteiger partial charge in [0.1, 0.15) is 0 Å². The normalized spacial score (nSPS) is 14.1. The van der Waals surface area contributed by atoms with Crippen molar-refractivity contribution in [2.24, 2.45) is 0 Å². The lowest BCUT2D eigenvalue weighted by atomic mass is 10.1. The number of hydrogen-bond donors (Lipinski definition) is 2. The fourth-order valence-corrected chi connectivity index (χ4v) is 3.41. The standard InChI is InChI=1S/C21H28N6O3/c1-14-11-15(20(29)22-2)5-6-17(14)24-21-23-12-18(26(3)4)19(25-21)27(13-28)16-7-9-30-10-8-16/h5-6,11-13,16H,7-10H2,1-4H3,(H,22,29)(H,23,24,25). The molecule has 1 aliphatic rings. The number of carbonyl (C=O) groups excluding carboxylic acids is 2. The second-order valence-electron chi connectivity index (χ2n) is 7.39. The fourth-order valence-electron chi connectivity index (χ4n) is 3.41. The summed E-state index contributed by atoms with van der Waals surface area (Å²) in [6.07, 6.45) is 4.06. The van der Waals surface area contributed by atoms with E-state index in [1.807, 2.05) is 32.0 Å². The maximum atomic E-state index is 12.0. The van der Waals surface area contributed by atoms with E-state index in [2.05, 4.69) is 20.6 Å². The van der Waals surface area contributed by atoms with Gasteiger partial charge in [-0.2, -0.15) is 4.98 Å². The number of nitrogens with one attached hydrogen (secondary N) is 2. The van der Waals surface area contributed by atoms with Gasteiger partial charge in [0.2, 0.25) is 12.4 Å². The highest BCUT2D eigenvalue weighted by Gasteiger charge is 2.26. The predicted molar refractivity (Wildman–Crippen MR) is 117 cm³/mol. The topological polar surface area (TPSA) is 99.7 Å². The van der Waals surface area contributed by atoms with E-state index >= 15 is 0 Å². The highest BCUT2D eigenvalue weighted by atomic mass is 16.5. The van der Waals surface area contributed by atoms with Crippen LogP contribution in [-0.2, 0) is 9.53 Å². The number of benzene rings is 1. The van der Waals surface area contributed by atoms with Crippen molar-refractivity contribution in [1.82, 2.24) is 15.3 Å². The minimum Gasteiger partial charge on any atom is -0.381 e. The smallest absolute Gasteiger partial charge is 0.251 e. The molecule has 2 aromatic rings. The van der Waals surface area contributed by atoms with Crippen molar-refractivity contribution in [3.8, 4) is 0 Å². The van der Waals surface area contributed by atoms with Crippen molar-refractivity contribution < 1.29 is 14.3 Å². The van der Waals surface area contributed by atoms with E-state index in [1.54, 1.807) is 30.3 Å². The molecule has 0 aliphatic carbocycles. The number of hydrogen-bond acceptors (Lipinski definition) is 7. The van der Waals surface area contributed by atoms with Gasteiger partial charge in [-0.05, 0) is 43.5 Å². The van der Waals surface area contributed by atoms with Gasteiger partial charge in [0.25, 0.3) is 5.91 Å². The second-order valence-corrected chi connectivity index (χ2v) is 7.39. The zero-order valence-corrected chi connectivity index (χ0v) is 17.8. The molecule has 2 amide bonds. The van der Waals surface area contributed by atoms with Gasteiger partial charge in [0, 0.05) is 51.6 Å². The van der Waals surface area contributed by atoms with Crippen molar-refractivity contribution in [2.45, 2.75) is 25.8 Å². The monoisotopic (exact) mass is 412 g/mol. The van der Waals surface area contributed by atoms with Crippen LogP contribution in [0.2, 0.25) is 0 Å². The Bertz CT molecular complexity index is 912. The average molecular weight is 412 g/mol. The van der Waals surface area contributed by atoms with Crippen LogP contribution in [0.15, 0.2) is 24.4 Å². The zero-order valence-electron chi connectivity index (χ0n) is 17.8. The minimum atomic E-state index is -0.142. The van der Waals surface area contributed by atoms with Crippen LogP contribution in [0.1, 0.15) is 28.8 Å². The molecule has 0 unspecified atom stereocenters. The number of aromatic nitrogens is 2. The van der Waals surface area contributed by atoms with Crippen LogP contribution >= 0.6 is 0 Å². The third-order valence-corrected chi connectivity index (χ3v) is 5.14. The molecule has 0 atom stereocenters. The summed E-state index contributed by atoms with van der Waals surface area (Å²) < 4.78 is 5.43. The molecule has 160 valence electrons. The molecule has 0 saturated carbocycles. The molecule has 0 radical (unpaired) electrons. The maximum absolute atomic E-state index is 12.0. The molecule has 9 heteroatoms. The summed E-state index contributed by atoms with van der Waals surface area (Å²) in [5, 5.41) is 5.82. The molecule has 2 N–H and O–H groups in total. The molecule has 9 nitrogen and oxygen atoms in total. The number of rotatable bonds is 7. The number of aryl methyl sites for hydroxylation is 1. The molecule has 30 heavy (non-hydrogen) atoms. The minimum absolute atomic E-state index is 0.0336. The Morgan fingerprint density at radius 3 is 2.60 bits per heavy atom. The van der Waals surface area contributed by atoms with E-state index in [9.17, 15) is 9.59 Å². The SMILES string of the molecule is CNC(=O)c1ccc(Nc2ncc(N(C)C)c(N(C=O)C3CCOCC3)n2)c(C)c1. The summed E-state index contributed by atoms with van der Waals surface area (Å²) in [6.45, 7) is 3.16. The van der Waals surface area contributed by atoms with Crippen LogP contribution in [0.25, 0.3) is 0 Å². The zero-order chi connectivity index (χ0) is 21.7. The molecule has 1 fully saturated rings. The molecule has 0 spiro atoms. The number of carbonyl (C=O) groups is 2. The Hall–Kier alpha value is -3.20. The van der Waals surface area contributed by atoms with E-state index in [1.165, 1.54) is 0 Å². The van der Waals surface area contributed by atoms with Gasteiger partial charge in [-0.3, -0.25) is 14.5 Å². The molecule has 0 bridgehead atoms. The van der Waals surface area contributed by atoms with E-state index in [4.69, 9.17) is 4.74 Å². The van der Waals surface area contributed by atoms with Crippen LogP contribution in [0, 0.1) is 6.92 Å². The summed E-state index contributed by atoms with van der Waals surface area (Å²) in [6, 6.07) is 5.39. The lowest BCUT2D eigenvalue weighted by molar-refractivity contribution is -0.108. The summed E-state index contributed by atoms with van der Waals surface area (Å²) in [4.78, 5) is 36.5. The molecule has 1 saturated heterocycles. The Balaban J connectivity index is 1.92. The molecule has 2 heterocycles. The van der Waals surface area contributed by atoms with Crippen molar-refractivity contribution in [2.75, 3.05) is 49.5 Å². The predicted octanol–water partition coefficient (Wildman–Crippen LogP) is 2.10. The van der Waals surface area contributed by atoms with E-state index in [0.717, 1.165) is 36.2 Å². The molecule has 1 aromatic carbocycles. The molecule has 3 rings (SSSR count). The van der Waals surface area contributed by atoms with Gasteiger partial charge in [0.15, 0.2) is 5.82 Å². The largest absolute Gasteiger partial charge is 0.381 e. The van der Waals surface area contributed by atoms with Gasteiger partial charge in [-0.15, -0.1) is 0 Å². The van der Waals surface area contributed by atoms with Crippen LogP contribution in [-0.4, -0.2) is 62.7 Å². The first kappa shape index (κ1) is 21.5. The van der Waals surface area contributed by atoms with Gasteiger partial charge in [-0.1, -0.05) is 0 Å². The van der Waals surface area contributed by atoms with Crippen molar-refractivity contribution in [1.29, 1.82) is 0 Å². The Morgan fingerprint density at radius 1 is 1.27 bits per heavy atom. The van der Waals surface area contributed by atoms with Gasteiger partial charge < -0.3 is 20.3 Å². The van der Waals surface area contributed by atoms with Crippen LogP contribution < -0.4 is 20.4 Å². The van der Waals surface area contributed by atoms with Crippen LogP contribution in [0.3, 0.4) is 0 Å². The molecular weight excluding hydrogens is 384 g/mol. The second kappa shape index (κ2) is 9.53. The van der Waals surface area contributed by atoms with Crippen LogP contribution in [0.4, 0.5) is 23.1 Å². The summed E-state index contributed by atoms with van der Waals surface area (Å²) in [5.41, 5.74) is 3.01. The first-order chi connectivity index (χ1) is 14.4. The Kier molecular flexibility index (Phi) is 6.83. The molecule has 1 aromatic heterocycles. The number of amides is 2. The third-order valence-electron chi connectivity index (χ3n) is 5.14. The first-order valence-corrected chi connectivity index (χ1v) is 9.90. The average Bonchev–Trinajstić information content (AvgIpc) is 2.76. The third kappa shape index (κ3) is 4.68. The number of nitrogens with zero attached hydrogens (tertiary/aromatic N) is 4. The number of anilines is 4. The van der Waals surface area contributed by atoms with Gasteiger partial charge in [-0.25, -0.2) is 4.98 Å². The Morgan fingerprint density at radius 2 is 2.00 bits per heavy atom. The van der Waals surface area contributed by atoms with Crippen molar-refractivity contribution in [3.63, 3.8) is 0 Å². The lowest BCUT2D eigenvalue weighted by Gasteiger charge is -2.32. The Labute approximate surface area is 176 Å². The lowest BCUT2D eigenvalue weighted by Crippen LogP contribution is -2.40. The summed E-state index contributed by atoms with van der Waals surface area (Å²) in [7, 11) is 5.39. The van der Waals surface area contributed by atoms with Crippen molar-refractivity contribution in [3.05, 3.63) is 35.5 Å². The van der Waals surface area contributed by atoms with E-state index in [0.29, 0.717) is 30.5 Å². The van der Waals surface area contributed by atoms with E-state index < -0.39 is 0 Å². The van der Waals surface area contributed by atoms with Gasteiger partial charge >= 0.3 is 0 Å². The van der Waals surface area contributed by atoms with Gasteiger partial charge in [0.05, 0.1) is 11.9 Å². The molecule has 1 aliphatic heterocycles. The first-order valence-electron chi connectivity index (χ1n) is 9.90. The molecular formula is C21H28N6O3. The number of ether oxygens (including phenoxy) is 1. The van der Waals surface area contributed by atoms with E-state index in [-0.39, 0.29) is 11.9 Å². The highest BCUT2D eigenvalue weighted by Crippen LogP contribution is 2.30. The van der Waals surface area contributed by atoms with Crippen LogP contribution in [0.5, 0.6) is 0 Å². The summed E-state index contributed by atoms with van der Waals surface area (Å²) in [5.74, 6) is 0.793. The quantitative estimate of drug-likeness (QED) is 0.672. The highest BCUT2D eigenvalue weighted by molar-refractivity contribution is 5.94. The summed E-state index contributed by atoms with van der Waals surface area (Å²) >= 11 is 0. The maximum Gasteiger partial charge on any atom is 0.251 e.